The second-order valence-electron chi connectivity index (χ2n) is 4.33. The van der Waals surface area contributed by atoms with Crippen molar-refractivity contribution in [2.24, 2.45) is 0 Å². The summed E-state index contributed by atoms with van der Waals surface area (Å²) in [7, 11) is 3.04. The summed E-state index contributed by atoms with van der Waals surface area (Å²) in [6, 6.07) is 5.03. The van der Waals surface area contributed by atoms with Gasteiger partial charge in [0.15, 0.2) is 10.9 Å². The van der Waals surface area contributed by atoms with E-state index >= 15 is 0 Å². The average molecular weight is 337 g/mol. The Kier molecular flexibility index (Phi) is 5.47. The van der Waals surface area contributed by atoms with E-state index in [4.69, 9.17) is 14.6 Å². The van der Waals surface area contributed by atoms with E-state index in [1.54, 1.807) is 18.2 Å². The fraction of sp³-hybridized carbons (Fsp3) is 0.214. The van der Waals surface area contributed by atoms with Gasteiger partial charge in [0.1, 0.15) is 11.5 Å². The van der Waals surface area contributed by atoms with Crippen LogP contribution in [0.5, 0.6) is 11.5 Å². The van der Waals surface area contributed by atoms with Crippen molar-refractivity contribution in [3.8, 4) is 11.5 Å². The molecule has 1 amide bonds. The van der Waals surface area contributed by atoms with E-state index in [1.807, 2.05) is 0 Å². The number of carboxylic acid groups (broad SMARTS) is 1. The molecule has 0 aliphatic rings. The van der Waals surface area contributed by atoms with E-state index < -0.39 is 5.97 Å². The highest BCUT2D eigenvalue weighted by Gasteiger charge is 2.11. The molecule has 0 aliphatic heterocycles. The monoisotopic (exact) mass is 337 g/mol. The number of carboxylic acids is 1. The van der Waals surface area contributed by atoms with Crippen LogP contribution in [0.2, 0.25) is 0 Å². The Morgan fingerprint density at radius 1 is 1.26 bits per heavy atom. The third-order valence-corrected chi connectivity index (χ3v) is 3.64. The number of hydrogen-bond donors (Lipinski definition) is 3. The zero-order chi connectivity index (χ0) is 16.8. The van der Waals surface area contributed by atoms with Crippen LogP contribution < -0.4 is 14.8 Å². The van der Waals surface area contributed by atoms with Crippen molar-refractivity contribution in [2.75, 3.05) is 25.3 Å². The first-order chi connectivity index (χ1) is 11.0. The molecule has 0 atom stereocenters. The topological polar surface area (TPSA) is 114 Å². The van der Waals surface area contributed by atoms with Gasteiger partial charge in [-0.15, -0.1) is 0 Å². The smallest absolute Gasteiger partial charge is 0.356 e. The second kappa shape index (κ2) is 7.54. The number of nitrogens with zero attached hydrogens (tertiary/aromatic N) is 1. The first kappa shape index (κ1) is 16.7. The van der Waals surface area contributed by atoms with Crippen LogP contribution in [0.1, 0.15) is 10.5 Å². The van der Waals surface area contributed by atoms with E-state index in [0.29, 0.717) is 22.3 Å². The minimum absolute atomic E-state index is 0.0755. The first-order valence-corrected chi connectivity index (χ1v) is 7.45. The van der Waals surface area contributed by atoms with Crippen molar-refractivity contribution in [3.05, 3.63) is 30.1 Å². The van der Waals surface area contributed by atoms with E-state index in [9.17, 15) is 9.59 Å². The molecule has 23 heavy (non-hydrogen) atoms. The summed E-state index contributed by atoms with van der Waals surface area (Å²) in [6.07, 6.45) is 1.27. The number of imidazole rings is 1. The number of carbonyl (C=O) groups is 2. The number of anilines is 1. The summed E-state index contributed by atoms with van der Waals surface area (Å²) in [6.45, 7) is 0. The molecule has 0 fully saturated rings. The van der Waals surface area contributed by atoms with Crippen molar-refractivity contribution >= 4 is 29.3 Å². The van der Waals surface area contributed by atoms with Crippen LogP contribution >= 0.6 is 11.8 Å². The van der Waals surface area contributed by atoms with Crippen LogP contribution in [-0.2, 0) is 4.79 Å². The van der Waals surface area contributed by atoms with Crippen LogP contribution in [-0.4, -0.2) is 46.9 Å². The maximum absolute atomic E-state index is 12.0. The molecular weight excluding hydrogens is 322 g/mol. The molecule has 2 aromatic rings. The molecular formula is C14H15N3O5S. The van der Waals surface area contributed by atoms with E-state index in [-0.39, 0.29) is 17.4 Å². The molecule has 1 aromatic carbocycles. The highest BCUT2D eigenvalue weighted by atomic mass is 32.2. The summed E-state index contributed by atoms with van der Waals surface area (Å²) in [4.78, 5) is 29.2. The summed E-state index contributed by atoms with van der Waals surface area (Å²) < 4.78 is 10.3. The third-order valence-electron chi connectivity index (χ3n) is 2.75. The Morgan fingerprint density at radius 2 is 1.91 bits per heavy atom. The van der Waals surface area contributed by atoms with Crippen LogP contribution in [0.25, 0.3) is 0 Å². The Balaban J connectivity index is 1.95. The maximum Gasteiger partial charge on any atom is 0.356 e. The quantitative estimate of drug-likeness (QED) is 0.661. The lowest BCUT2D eigenvalue weighted by Crippen LogP contribution is -2.14. The van der Waals surface area contributed by atoms with Gasteiger partial charge in [0.25, 0.3) is 0 Å². The minimum atomic E-state index is -1.12. The van der Waals surface area contributed by atoms with Gasteiger partial charge in [-0.2, -0.15) is 0 Å². The average Bonchev–Trinajstić information content (AvgIpc) is 3.01. The molecule has 0 radical (unpaired) electrons. The standard InChI is InChI=1S/C14H15N3O5S/c1-21-9-3-8(4-10(5-9)22-2)16-12(18)7-23-14-15-6-11(17-14)13(19)20/h3-6H,7H2,1-2H3,(H,15,17)(H,16,18)(H,19,20). The van der Waals surface area contributed by atoms with Gasteiger partial charge in [-0.05, 0) is 0 Å². The Morgan fingerprint density at radius 3 is 2.43 bits per heavy atom. The SMILES string of the molecule is COc1cc(NC(=O)CSc2nc(C(=O)O)c[nH]2)cc(OC)c1. The lowest BCUT2D eigenvalue weighted by molar-refractivity contribution is -0.113. The van der Waals surface area contributed by atoms with Gasteiger partial charge in [-0.3, -0.25) is 4.79 Å². The number of carbonyl (C=O) groups excluding carboxylic acids is 1. The zero-order valence-corrected chi connectivity index (χ0v) is 13.3. The summed E-state index contributed by atoms with van der Waals surface area (Å²) in [5.74, 6) is -0.194. The highest BCUT2D eigenvalue weighted by molar-refractivity contribution is 7.99. The van der Waals surface area contributed by atoms with Crippen molar-refractivity contribution < 1.29 is 24.2 Å². The molecule has 1 heterocycles. The van der Waals surface area contributed by atoms with Crippen molar-refractivity contribution in [2.45, 2.75) is 5.16 Å². The Labute approximate surface area is 136 Å². The van der Waals surface area contributed by atoms with Crippen molar-refractivity contribution in [1.29, 1.82) is 0 Å². The van der Waals surface area contributed by atoms with E-state index in [1.165, 1.54) is 20.4 Å². The molecule has 8 nitrogen and oxygen atoms in total. The number of thioether (sulfide) groups is 1. The Hall–Kier alpha value is -2.68. The molecule has 0 aliphatic carbocycles. The molecule has 122 valence electrons. The number of benzene rings is 1. The number of ether oxygens (including phenoxy) is 2. The number of rotatable bonds is 7. The number of aromatic amines is 1. The maximum atomic E-state index is 12.0. The van der Waals surface area contributed by atoms with E-state index in [2.05, 4.69) is 15.3 Å². The molecule has 0 saturated carbocycles. The van der Waals surface area contributed by atoms with Crippen LogP contribution in [0.3, 0.4) is 0 Å². The lowest BCUT2D eigenvalue weighted by atomic mass is 10.2. The minimum Gasteiger partial charge on any atom is -0.497 e. The third kappa shape index (κ3) is 4.65. The lowest BCUT2D eigenvalue weighted by Gasteiger charge is -2.09. The van der Waals surface area contributed by atoms with Crippen molar-refractivity contribution in [3.63, 3.8) is 0 Å². The van der Waals surface area contributed by atoms with Gasteiger partial charge >= 0.3 is 5.97 Å². The molecule has 1 aromatic heterocycles. The molecule has 0 unspecified atom stereocenters. The fourth-order valence-electron chi connectivity index (χ4n) is 1.70. The van der Waals surface area contributed by atoms with Crippen LogP contribution in [0.4, 0.5) is 5.69 Å². The van der Waals surface area contributed by atoms with E-state index in [0.717, 1.165) is 11.8 Å². The molecule has 3 N–H and O–H groups in total. The summed E-state index contributed by atoms with van der Waals surface area (Å²) in [5, 5.41) is 11.8. The molecule has 9 heteroatoms. The second-order valence-corrected chi connectivity index (χ2v) is 5.30. The fourth-order valence-corrected chi connectivity index (χ4v) is 2.34. The van der Waals surface area contributed by atoms with Crippen LogP contribution in [0, 0.1) is 0 Å². The predicted molar refractivity (Wildman–Crippen MR) is 84.4 cm³/mol. The first-order valence-electron chi connectivity index (χ1n) is 6.46. The molecule has 0 saturated heterocycles. The molecule has 0 spiro atoms. The van der Waals surface area contributed by atoms with Gasteiger partial charge in [0.05, 0.1) is 20.0 Å². The zero-order valence-electron chi connectivity index (χ0n) is 12.5. The number of nitrogens with one attached hydrogen (secondary N) is 2. The normalized spacial score (nSPS) is 10.2. The predicted octanol–water partition coefficient (Wildman–Crippen LogP) is 1.86. The van der Waals surface area contributed by atoms with Crippen molar-refractivity contribution in [1.82, 2.24) is 9.97 Å². The summed E-state index contributed by atoms with van der Waals surface area (Å²) in [5.41, 5.74) is 0.447. The van der Waals surface area contributed by atoms with Gasteiger partial charge in [-0.1, -0.05) is 11.8 Å². The molecule has 2 rings (SSSR count). The van der Waals surface area contributed by atoms with Gasteiger partial charge in [-0.25, -0.2) is 9.78 Å². The van der Waals surface area contributed by atoms with Crippen LogP contribution in [0.15, 0.2) is 29.6 Å². The number of hydrogen-bond acceptors (Lipinski definition) is 6. The number of amides is 1. The highest BCUT2D eigenvalue weighted by Crippen LogP contribution is 2.26. The van der Waals surface area contributed by atoms with Gasteiger partial charge < -0.3 is 24.9 Å². The van der Waals surface area contributed by atoms with Gasteiger partial charge in [0.2, 0.25) is 5.91 Å². The van der Waals surface area contributed by atoms with Gasteiger partial charge in [0, 0.05) is 30.1 Å². The number of aromatic carboxylic acids is 1. The Bertz CT molecular complexity index is 694. The number of methoxy groups -OCH3 is 2. The number of H-pyrrole nitrogens is 1. The largest absolute Gasteiger partial charge is 0.497 e. The molecule has 0 bridgehead atoms. The number of aromatic nitrogens is 2. The summed E-state index contributed by atoms with van der Waals surface area (Å²) >= 11 is 1.10.